The van der Waals surface area contributed by atoms with Gasteiger partial charge in [-0.3, -0.25) is 14.8 Å². The molecule has 4 N–H and O–H groups in total. The molecule has 12 heteroatoms. The standard InChI is InChI=1S/C24H32N10O2/c1-15(2)28-12-21(31-26)17(4)36-22-9-18(13-34-24(22)19(10-25)11-29-34)23(32-27)16(3)30-20-5-7-33(14-35)8-6-20/h9,11-15,17,20H,5-8,26-27H2,1-4H3/b28-12?,30-16?,31-21+,32-23+. The second-order valence-corrected chi connectivity index (χ2v) is 8.81. The van der Waals surface area contributed by atoms with Crippen molar-refractivity contribution in [3.05, 3.63) is 29.6 Å². The largest absolute Gasteiger partial charge is 0.482 e. The summed E-state index contributed by atoms with van der Waals surface area (Å²) in [5.74, 6) is 11.8. The number of amides is 1. The molecule has 0 spiro atoms. The Morgan fingerprint density at radius 2 is 2.00 bits per heavy atom. The molecular formula is C24H32N10O2. The van der Waals surface area contributed by atoms with Crippen molar-refractivity contribution in [3.63, 3.8) is 0 Å². The Bertz CT molecular complexity index is 1240. The number of rotatable bonds is 9. The van der Waals surface area contributed by atoms with Crippen LogP contribution in [-0.2, 0) is 4.79 Å². The zero-order chi connectivity index (χ0) is 26.2. The zero-order valence-corrected chi connectivity index (χ0v) is 21.0. The monoisotopic (exact) mass is 492 g/mol. The van der Waals surface area contributed by atoms with Crippen molar-refractivity contribution in [2.45, 2.75) is 58.7 Å². The highest BCUT2D eigenvalue weighted by molar-refractivity contribution is 6.47. The first kappa shape index (κ1) is 26.3. The molecule has 0 saturated carbocycles. The Morgan fingerprint density at radius 3 is 2.58 bits per heavy atom. The van der Waals surface area contributed by atoms with Crippen LogP contribution in [0.15, 0.2) is 38.6 Å². The third-order valence-corrected chi connectivity index (χ3v) is 5.84. The van der Waals surface area contributed by atoms with Crippen LogP contribution in [0.1, 0.15) is 51.7 Å². The minimum Gasteiger partial charge on any atom is -0.482 e. The first-order chi connectivity index (χ1) is 17.3. The van der Waals surface area contributed by atoms with Crippen LogP contribution in [0.25, 0.3) is 5.52 Å². The van der Waals surface area contributed by atoms with Crippen LogP contribution in [0.4, 0.5) is 0 Å². The van der Waals surface area contributed by atoms with E-state index in [0.717, 1.165) is 19.3 Å². The van der Waals surface area contributed by atoms with Crippen molar-refractivity contribution in [2.75, 3.05) is 13.1 Å². The van der Waals surface area contributed by atoms with E-state index >= 15 is 0 Å². The van der Waals surface area contributed by atoms with Gasteiger partial charge in [0.2, 0.25) is 6.41 Å². The SMILES string of the molecule is CC(=NC1CCN(C=O)CC1)/C(=N\N)c1cc(OC(C)/C(C=NC(C)C)=N/N)c2c(C#N)cnn2c1. The van der Waals surface area contributed by atoms with Crippen LogP contribution in [0.2, 0.25) is 0 Å². The number of carbonyl (C=O) groups excluding carboxylic acids is 1. The minimum absolute atomic E-state index is 0.0656. The predicted molar refractivity (Wildman–Crippen MR) is 140 cm³/mol. The zero-order valence-electron chi connectivity index (χ0n) is 21.0. The van der Waals surface area contributed by atoms with Crippen molar-refractivity contribution in [2.24, 2.45) is 31.9 Å². The molecule has 0 aromatic carbocycles. The van der Waals surface area contributed by atoms with Gasteiger partial charge in [-0.15, -0.1) is 0 Å². The van der Waals surface area contributed by atoms with Crippen LogP contribution in [0.5, 0.6) is 5.75 Å². The Kier molecular flexibility index (Phi) is 8.72. The lowest BCUT2D eigenvalue weighted by atomic mass is 10.0. The van der Waals surface area contributed by atoms with Gasteiger partial charge < -0.3 is 21.3 Å². The van der Waals surface area contributed by atoms with Gasteiger partial charge in [0.1, 0.15) is 40.4 Å². The normalized spacial score (nSPS) is 17.1. The molecule has 3 heterocycles. The van der Waals surface area contributed by atoms with E-state index in [1.807, 2.05) is 20.8 Å². The number of likely N-dealkylation sites (tertiary alicyclic amines) is 1. The summed E-state index contributed by atoms with van der Waals surface area (Å²) in [6.45, 7) is 8.85. The van der Waals surface area contributed by atoms with E-state index in [9.17, 15) is 10.1 Å². The number of hydrazone groups is 2. The molecule has 1 fully saturated rings. The minimum atomic E-state index is -0.561. The number of aromatic nitrogens is 2. The molecule has 0 aliphatic carbocycles. The van der Waals surface area contributed by atoms with Gasteiger partial charge in [-0.1, -0.05) is 0 Å². The van der Waals surface area contributed by atoms with Crippen molar-refractivity contribution in [3.8, 4) is 11.8 Å². The lowest BCUT2D eigenvalue weighted by Gasteiger charge is -2.27. The van der Waals surface area contributed by atoms with Crippen LogP contribution in [-0.4, -0.2) is 75.6 Å². The number of hydrogen-bond acceptors (Lipinski definition) is 10. The highest BCUT2D eigenvalue weighted by Gasteiger charge is 2.22. The third-order valence-electron chi connectivity index (χ3n) is 5.84. The lowest BCUT2D eigenvalue weighted by Crippen LogP contribution is -2.34. The van der Waals surface area contributed by atoms with E-state index in [-0.39, 0.29) is 12.1 Å². The van der Waals surface area contributed by atoms with Crippen molar-refractivity contribution in [1.29, 1.82) is 5.26 Å². The van der Waals surface area contributed by atoms with Crippen LogP contribution in [0, 0.1) is 11.3 Å². The summed E-state index contributed by atoms with van der Waals surface area (Å²) in [7, 11) is 0. The highest BCUT2D eigenvalue weighted by Crippen LogP contribution is 2.27. The highest BCUT2D eigenvalue weighted by atomic mass is 16.5. The summed E-state index contributed by atoms with van der Waals surface area (Å²) in [6.07, 6.45) is 6.62. The molecule has 36 heavy (non-hydrogen) atoms. The van der Waals surface area contributed by atoms with Crippen molar-refractivity contribution in [1.82, 2.24) is 14.5 Å². The quantitative estimate of drug-likeness (QED) is 0.232. The molecule has 1 unspecified atom stereocenters. The average molecular weight is 493 g/mol. The Balaban J connectivity index is 1.97. The van der Waals surface area contributed by atoms with Gasteiger partial charge in [0.25, 0.3) is 0 Å². The second kappa shape index (κ2) is 11.9. The number of aliphatic imine (C=N–C) groups is 2. The van der Waals surface area contributed by atoms with Crippen molar-refractivity contribution < 1.29 is 9.53 Å². The maximum absolute atomic E-state index is 11.0. The molecule has 2 aromatic heterocycles. The topological polar surface area (TPSA) is 172 Å². The number of fused-ring (bicyclic) bond motifs is 1. The molecule has 3 rings (SSSR count). The molecule has 0 radical (unpaired) electrons. The number of piperidine rings is 1. The van der Waals surface area contributed by atoms with Crippen LogP contribution < -0.4 is 16.4 Å². The molecule has 12 nitrogen and oxygen atoms in total. The fourth-order valence-corrected chi connectivity index (χ4v) is 3.94. The Hall–Kier alpha value is -4.27. The number of nitrogens with two attached hydrogens (primary N) is 2. The van der Waals surface area contributed by atoms with Crippen LogP contribution in [0.3, 0.4) is 0 Å². The summed E-state index contributed by atoms with van der Waals surface area (Å²) in [4.78, 5) is 21.9. The molecule has 1 amide bonds. The molecule has 0 bridgehead atoms. The first-order valence-corrected chi connectivity index (χ1v) is 11.7. The van der Waals surface area contributed by atoms with E-state index < -0.39 is 6.10 Å². The smallest absolute Gasteiger partial charge is 0.209 e. The summed E-state index contributed by atoms with van der Waals surface area (Å²) in [5, 5.41) is 21.7. The van der Waals surface area contributed by atoms with Gasteiger partial charge in [0, 0.05) is 37.1 Å². The average Bonchev–Trinajstić information content (AvgIpc) is 3.28. The van der Waals surface area contributed by atoms with E-state index in [4.69, 9.17) is 21.4 Å². The molecular weight excluding hydrogens is 460 g/mol. The van der Waals surface area contributed by atoms with E-state index in [0.29, 0.717) is 52.6 Å². The fourth-order valence-electron chi connectivity index (χ4n) is 3.94. The second-order valence-electron chi connectivity index (χ2n) is 8.81. The number of ether oxygens (including phenoxy) is 1. The molecule has 190 valence electrons. The predicted octanol–water partition coefficient (Wildman–Crippen LogP) is 1.51. The first-order valence-electron chi connectivity index (χ1n) is 11.7. The van der Waals surface area contributed by atoms with E-state index in [1.165, 1.54) is 6.20 Å². The molecule has 2 aromatic rings. The number of pyridine rings is 1. The number of carbonyl (C=O) groups is 1. The van der Waals surface area contributed by atoms with Gasteiger partial charge >= 0.3 is 0 Å². The number of hydrogen-bond donors (Lipinski definition) is 2. The maximum Gasteiger partial charge on any atom is 0.209 e. The van der Waals surface area contributed by atoms with E-state index in [2.05, 4.69) is 26.4 Å². The van der Waals surface area contributed by atoms with Gasteiger partial charge in [0.05, 0.1) is 18.0 Å². The Morgan fingerprint density at radius 1 is 1.28 bits per heavy atom. The van der Waals surface area contributed by atoms with E-state index in [1.54, 1.807) is 34.8 Å². The van der Waals surface area contributed by atoms with Gasteiger partial charge in [0.15, 0.2) is 0 Å². The van der Waals surface area contributed by atoms with Gasteiger partial charge in [-0.25, -0.2) is 4.52 Å². The Labute approximate surface area is 210 Å². The summed E-state index contributed by atoms with van der Waals surface area (Å²) in [5.41, 5.74) is 3.03. The van der Waals surface area contributed by atoms with Gasteiger partial charge in [-0.2, -0.15) is 20.6 Å². The summed E-state index contributed by atoms with van der Waals surface area (Å²) >= 11 is 0. The summed E-state index contributed by atoms with van der Waals surface area (Å²) in [6, 6.07) is 4.03. The molecule has 1 aliphatic heterocycles. The summed E-state index contributed by atoms with van der Waals surface area (Å²) < 4.78 is 7.77. The number of nitriles is 1. The maximum atomic E-state index is 11.0. The van der Waals surface area contributed by atoms with Gasteiger partial charge in [-0.05, 0) is 46.6 Å². The molecule has 1 saturated heterocycles. The van der Waals surface area contributed by atoms with Crippen molar-refractivity contribution >= 4 is 35.3 Å². The number of nitrogens with zero attached hydrogens (tertiary/aromatic N) is 8. The molecule has 1 aliphatic rings. The fraction of sp³-hybridized carbons (Fsp3) is 0.458. The molecule has 1 atom stereocenters. The lowest BCUT2D eigenvalue weighted by molar-refractivity contribution is -0.119. The third kappa shape index (κ3) is 6.04. The van der Waals surface area contributed by atoms with Crippen LogP contribution >= 0.6 is 0 Å².